The number of hydrogen-bond donors (Lipinski definition) is 1. The Kier molecular flexibility index (Phi) is 2.37. The molecule has 0 spiro atoms. The van der Waals surface area contributed by atoms with Crippen molar-refractivity contribution in [2.45, 2.75) is 0 Å². The highest BCUT2D eigenvalue weighted by atomic mass is 16.2. The van der Waals surface area contributed by atoms with E-state index in [0.29, 0.717) is 16.8 Å². The lowest BCUT2D eigenvalue weighted by atomic mass is 10.1. The number of hydrogen-bond acceptors (Lipinski definition) is 2. The van der Waals surface area contributed by atoms with Crippen LogP contribution in [-0.2, 0) is 4.79 Å². The van der Waals surface area contributed by atoms with Gasteiger partial charge >= 0.3 is 0 Å². The molecule has 4 nitrogen and oxygen atoms in total. The van der Waals surface area contributed by atoms with E-state index in [2.05, 4.69) is 11.2 Å². The molecule has 16 heavy (non-hydrogen) atoms. The molecule has 0 fully saturated rings. The van der Waals surface area contributed by atoms with Gasteiger partial charge in [-0.05, 0) is 18.2 Å². The molecule has 0 bridgehead atoms. The molecule has 0 atom stereocenters. The smallest absolute Gasteiger partial charge is 0.256 e. The van der Waals surface area contributed by atoms with Crippen molar-refractivity contribution in [2.24, 2.45) is 0 Å². The van der Waals surface area contributed by atoms with E-state index >= 15 is 0 Å². The van der Waals surface area contributed by atoms with Gasteiger partial charge in [-0.2, -0.15) is 0 Å². The van der Waals surface area contributed by atoms with Crippen molar-refractivity contribution in [1.82, 2.24) is 4.90 Å². The van der Waals surface area contributed by atoms with Gasteiger partial charge in [-0.25, -0.2) is 0 Å². The number of terminal acetylenes is 1. The number of amides is 2. The van der Waals surface area contributed by atoms with Gasteiger partial charge in [0.15, 0.2) is 0 Å². The maximum atomic E-state index is 11.9. The number of likely N-dealkylation sites (N-methyl/N-ethyl adjacent to an activating group) is 1. The highest BCUT2D eigenvalue weighted by molar-refractivity contribution is 6.08. The highest BCUT2D eigenvalue weighted by Crippen LogP contribution is 2.21. The molecule has 1 N–H and O–H groups in total. The van der Waals surface area contributed by atoms with Crippen molar-refractivity contribution in [3.05, 3.63) is 29.3 Å². The van der Waals surface area contributed by atoms with Gasteiger partial charge in [-0.3, -0.25) is 9.59 Å². The molecule has 0 radical (unpaired) electrons. The Labute approximate surface area is 93.2 Å². The minimum Gasteiger partial charge on any atom is -0.332 e. The molecular weight excluding hydrogens is 204 g/mol. The topological polar surface area (TPSA) is 49.4 Å². The third-order valence-corrected chi connectivity index (χ3v) is 2.42. The second-order valence-electron chi connectivity index (χ2n) is 3.61. The van der Waals surface area contributed by atoms with Gasteiger partial charge in [-0.1, -0.05) is 5.92 Å². The SMILES string of the molecule is C#Cc1ccc2c(c1)C(=O)N(C)CC(=O)N2. The van der Waals surface area contributed by atoms with Crippen LogP contribution < -0.4 is 5.32 Å². The summed E-state index contributed by atoms with van der Waals surface area (Å²) in [6, 6.07) is 4.96. The van der Waals surface area contributed by atoms with Crippen LogP contribution in [-0.4, -0.2) is 30.3 Å². The van der Waals surface area contributed by atoms with Crippen LogP contribution in [0.5, 0.6) is 0 Å². The lowest BCUT2D eigenvalue weighted by Crippen LogP contribution is -2.31. The van der Waals surface area contributed by atoms with E-state index in [1.165, 1.54) is 4.90 Å². The average molecular weight is 214 g/mol. The van der Waals surface area contributed by atoms with Crippen molar-refractivity contribution < 1.29 is 9.59 Å². The number of fused-ring (bicyclic) bond motifs is 1. The molecule has 80 valence electrons. The first kappa shape index (κ1) is 10.2. The minimum absolute atomic E-state index is 0.0545. The first-order valence-corrected chi connectivity index (χ1v) is 4.78. The summed E-state index contributed by atoms with van der Waals surface area (Å²) in [6.07, 6.45) is 5.27. The molecule has 1 heterocycles. The van der Waals surface area contributed by atoms with Crippen LogP contribution in [0.4, 0.5) is 5.69 Å². The Morgan fingerprint density at radius 1 is 1.44 bits per heavy atom. The third-order valence-electron chi connectivity index (χ3n) is 2.42. The first-order chi connectivity index (χ1) is 7.61. The second kappa shape index (κ2) is 3.70. The van der Waals surface area contributed by atoms with Crippen LogP contribution >= 0.6 is 0 Å². The molecule has 1 aromatic carbocycles. The molecule has 0 unspecified atom stereocenters. The standard InChI is InChI=1S/C12H10N2O2/c1-3-8-4-5-10-9(6-8)12(16)14(2)7-11(15)13-10/h1,4-6H,7H2,2H3,(H,13,15). The zero-order chi connectivity index (χ0) is 11.7. The fraction of sp³-hybridized carbons (Fsp3) is 0.167. The average Bonchev–Trinajstić information content (AvgIpc) is 2.37. The molecule has 0 aromatic heterocycles. The first-order valence-electron chi connectivity index (χ1n) is 4.78. The summed E-state index contributed by atoms with van der Waals surface area (Å²) in [7, 11) is 1.58. The van der Waals surface area contributed by atoms with Gasteiger partial charge in [0.05, 0.1) is 17.8 Å². The van der Waals surface area contributed by atoms with Crippen molar-refractivity contribution in [3.63, 3.8) is 0 Å². The summed E-state index contributed by atoms with van der Waals surface area (Å²) in [5.41, 5.74) is 1.57. The molecule has 2 rings (SSSR count). The van der Waals surface area contributed by atoms with E-state index in [1.807, 2.05) is 0 Å². The normalized spacial score (nSPS) is 14.9. The van der Waals surface area contributed by atoms with Gasteiger partial charge in [0.25, 0.3) is 5.91 Å². The monoisotopic (exact) mass is 214 g/mol. The molecule has 1 aliphatic rings. The van der Waals surface area contributed by atoms with Crippen LogP contribution in [0.25, 0.3) is 0 Å². The maximum Gasteiger partial charge on any atom is 0.256 e. The van der Waals surface area contributed by atoms with E-state index in [4.69, 9.17) is 6.42 Å². The molecular formula is C12H10N2O2. The summed E-state index contributed by atoms with van der Waals surface area (Å²) in [5, 5.41) is 2.66. The van der Waals surface area contributed by atoms with Crippen molar-refractivity contribution >= 4 is 17.5 Å². The van der Waals surface area contributed by atoms with Crippen LogP contribution in [0.1, 0.15) is 15.9 Å². The third kappa shape index (κ3) is 1.63. The highest BCUT2D eigenvalue weighted by Gasteiger charge is 2.23. The van der Waals surface area contributed by atoms with Gasteiger partial charge in [0.2, 0.25) is 5.91 Å². The largest absolute Gasteiger partial charge is 0.332 e. The minimum atomic E-state index is -0.206. The van der Waals surface area contributed by atoms with Gasteiger partial charge < -0.3 is 10.2 Å². The molecule has 0 saturated carbocycles. The Morgan fingerprint density at radius 3 is 2.88 bits per heavy atom. The summed E-state index contributed by atoms with van der Waals surface area (Å²) in [6.45, 7) is 0.0545. The van der Waals surface area contributed by atoms with E-state index in [1.54, 1.807) is 25.2 Å². The Balaban J connectivity index is 2.56. The van der Waals surface area contributed by atoms with Gasteiger partial charge in [-0.15, -0.1) is 6.42 Å². The second-order valence-corrected chi connectivity index (χ2v) is 3.61. The fourth-order valence-corrected chi connectivity index (χ4v) is 1.60. The summed E-state index contributed by atoms with van der Waals surface area (Å²) < 4.78 is 0. The Hall–Kier alpha value is -2.28. The number of nitrogens with zero attached hydrogens (tertiary/aromatic N) is 1. The fourth-order valence-electron chi connectivity index (χ4n) is 1.60. The molecule has 0 aliphatic carbocycles. The Morgan fingerprint density at radius 2 is 2.19 bits per heavy atom. The number of benzene rings is 1. The lowest BCUT2D eigenvalue weighted by molar-refractivity contribution is -0.116. The predicted molar refractivity (Wildman–Crippen MR) is 60.0 cm³/mol. The Bertz CT molecular complexity index is 514. The van der Waals surface area contributed by atoms with Crippen molar-refractivity contribution in [1.29, 1.82) is 0 Å². The molecule has 2 amide bonds. The van der Waals surface area contributed by atoms with E-state index < -0.39 is 0 Å². The van der Waals surface area contributed by atoms with Gasteiger partial charge in [0, 0.05) is 12.6 Å². The molecule has 1 aromatic rings. The summed E-state index contributed by atoms with van der Waals surface area (Å²) in [4.78, 5) is 24.7. The number of rotatable bonds is 0. The maximum absolute atomic E-state index is 11.9. The van der Waals surface area contributed by atoms with Crippen LogP contribution in [0.3, 0.4) is 0 Å². The van der Waals surface area contributed by atoms with E-state index in [9.17, 15) is 9.59 Å². The van der Waals surface area contributed by atoms with E-state index in [-0.39, 0.29) is 18.4 Å². The summed E-state index contributed by atoms with van der Waals surface area (Å²) in [5.74, 6) is 2.05. The molecule has 1 aliphatic heterocycles. The quantitative estimate of drug-likeness (QED) is 0.646. The number of carbonyl (C=O) groups excluding carboxylic acids is 2. The van der Waals surface area contributed by atoms with Crippen LogP contribution in [0.15, 0.2) is 18.2 Å². The number of nitrogens with one attached hydrogen (secondary N) is 1. The van der Waals surface area contributed by atoms with Crippen molar-refractivity contribution in [2.75, 3.05) is 18.9 Å². The molecule has 4 heteroatoms. The zero-order valence-electron chi connectivity index (χ0n) is 8.78. The van der Waals surface area contributed by atoms with Crippen LogP contribution in [0, 0.1) is 12.3 Å². The molecule has 0 saturated heterocycles. The van der Waals surface area contributed by atoms with Crippen molar-refractivity contribution in [3.8, 4) is 12.3 Å². The number of carbonyl (C=O) groups is 2. The lowest BCUT2D eigenvalue weighted by Gasteiger charge is -2.12. The zero-order valence-corrected chi connectivity index (χ0v) is 8.78. The van der Waals surface area contributed by atoms with Gasteiger partial charge in [0.1, 0.15) is 0 Å². The number of anilines is 1. The van der Waals surface area contributed by atoms with E-state index in [0.717, 1.165) is 0 Å². The van der Waals surface area contributed by atoms with Crippen LogP contribution in [0.2, 0.25) is 0 Å². The predicted octanol–water partition coefficient (Wildman–Crippen LogP) is 0.692. The summed E-state index contributed by atoms with van der Waals surface area (Å²) >= 11 is 0.